The number of rotatable bonds is 4. The number of hydrogen-bond donors (Lipinski definition) is 2. The number of aromatic amines is 1. The Bertz CT molecular complexity index is 1550. The predicted octanol–water partition coefficient (Wildman–Crippen LogP) is 3.29. The molecule has 0 saturated carbocycles. The molecule has 5 aromatic rings. The van der Waals surface area contributed by atoms with Crippen molar-refractivity contribution in [3.63, 3.8) is 0 Å². The number of H-pyrrole nitrogens is 1. The van der Waals surface area contributed by atoms with E-state index in [9.17, 15) is 8.42 Å². The summed E-state index contributed by atoms with van der Waals surface area (Å²) in [5, 5.41) is 12.9. The molecule has 0 atom stereocenters. The first kappa shape index (κ1) is 19.1. The first-order chi connectivity index (χ1) is 14.8. The van der Waals surface area contributed by atoms with Crippen molar-refractivity contribution in [2.24, 2.45) is 7.05 Å². The van der Waals surface area contributed by atoms with Gasteiger partial charge in [0.05, 0.1) is 27.7 Å². The zero-order valence-corrected chi connectivity index (χ0v) is 17.5. The predicted molar refractivity (Wildman–Crippen MR) is 118 cm³/mol. The monoisotopic (exact) mass is 434 g/mol. The van der Waals surface area contributed by atoms with E-state index in [-0.39, 0.29) is 4.90 Å². The molecular weight excluding hydrogens is 416 g/mol. The van der Waals surface area contributed by atoms with Crippen LogP contribution in [0.5, 0.6) is 11.5 Å². The molecule has 156 valence electrons. The highest BCUT2D eigenvalue weighted by atomic mass is 32.2. The molecule has 31 heavy (non-hydrogen) atoms. The number of nitrogen functional groups attached to an aromatic ring is 1. The zero-order chi connectivity index (χ0) is 21.8. The fraction of sp³-hybridized carbons (Fsp3) is 0.0952. The van der Waals surface area contributed by atoms with E-state index in [1.807, 2.05) is 24.3 Å². The smallest absolute Gasteiger partial charge is 0.175 e. The number of nitrogens with zero attached hydrogens (tertiary/aromatic N) is 4. The van der Waals surface area contributed by atoms with E-state index in [1.165, 1.54) is 18.4 Å². The van der Waals surface area contributed by atoms with Crippen LogP contribution in [0.1, 0.15) is 0 Å². The van der Waals surface area contributed by atoms with Gasteiger partial charge >= 0.3 is 0 Å². The van der Waals surface area contributed by atoms with Crippen LogP contribution in [0.2, 0.25) is 0 Å². The molecule has 0 bridgehead atoms. The average Bonchev–Trinajstić information content (AvgIpc) is 3.31. The Balaban J connectivity index is 1.65. The number of nitrogens with two attached hydrogens (primary N) is 1. The minimum absolute atomic E-state index is 0.227. The van der Waals surface area contributed by atoms with Gasteiger partial charge in [-0.3, -0.25) is 9.78 Å². The van der Waals surface area contributed by atoms with Crippen LogP contribution in [0.25, 0.3) is 33.2 Å². The van der Waals surface area contributed by atoms with Crippen molar-refractivity contribution < 1.29 is 13.2 Å². The summed E-state index contributed by atoms with van der Waals surface area (Å²) < 4.78 is 31.2. The first-order valence-corrected chi connectivity index (χ1v) is 11.2. The molecule has 3 heterocycles. The van der Waals surface area contributed by atoms with Gasteiger partial charge < -0.3 is 10.5 Å². The SMILES string of the molecule is Cn1ncc2c(Oc3ccc(S(C)(=O)=O)cc3)cc(-c3cccc4c(N)n[nH]c34)nc21. The summed E-state index contributed by atoms with van der Waals surface area (Å²) in [6.07, 6.45) is 2.85. The second-order valence-corrected chi connectivity index (χ2v) is 9.21. The Morgan fingerprint density at radius 1 is 1.10 bits per heavy atom. The van der Waals surface area contributed by atoms with Crippen LogP contribution in [-0.2, 0) is 16.9 Å². The number of fused-ring (bicyclic) bond motifs is 2. The highest BCUT2D eigenvalue weighted by Gasteiger charge is 2.16. The summed E-state index contributed by atoms with van der Waals surface area (Å²) in [4.78, 5) is 4.99. The molecule has 0 saturated heterocycles. The average molecular weight is 434 g/mol. The summed E-state index contributed by atoms with van der Waals surface area (Å²) in [5.74, 6) is 1.46. The van der Waals surface area contributed by atoms with E-state index >= 15 is 0 Å². The maximum atomic E-state index is 11.7. The van der Waals surface area contributed by atoms with E-state index in [0.717, 1.165) is 21.9 Å². The molecule has 10 heteroatoms. The van der Waals surface area contributed by atoms with Crippen molar-refractivity contribution in [3.05, 3.63) is 54.7 Å². The van der Waals surface area contributed by atoms with Crippen molar-refractivity contribution in [2.45, 2.75) is 4.90 Å². The summed E-state index contributed by atoms with van der Waals surface area (Å²) >= 11 is 0. The lowest BCUT2D eigenvalue weighted by Crippen LogP contribution is -1.97. The molecule has 0 fully saturated rings. The number of benzene rings is 2. The van der Waals surface area contributed by atoms with Gasteiger partial charge in [0.1, 0.15) is 11.5 Å². The minimum atomic E-state index is -3.28. The molecule has 0 aliphatic heterocycles. The van der Waals surface area contributed by atoms with Crippen LogP contribution < -0.4 is 10.5 Å². The van der Waals surface area contributed by atoms with Gasteiger partial charge in [0, 0.05) is 30.3 Å². The zero-order valence-electron chi connectivity index (χ0n) is 16.7. The fourth-order valence-electron chi connectivity index (χ4n) is 3.47. The number of ether oxygens (including phenoxy) is 1. The van der Waals surface area contributed by atoms with Crippen LogP contribution in [0.3, 0.4) is 0 Å². The van der Waals surface area contributed by atoms with Gasteiger partial charge in [-0.1, -0.05) is 12.1 Å². The molecule has 0 aliphatic rings. The van der Waals surface area contributed by atoms with Crippen LogP contribution in [-0.4, -0.2) is 39.6 Å². The fourth-order valence-corrected chi connectivity index (χ4v) is 4.10. The Kier molecular flexibility index (Phi) is 4.19. The highest BCUT2D eigenvalue weighted by Crippen LogP contribution is 2.36. The summed E-state index contributed by atoms with van der Waals surface area (Å²) in [5.41, 5.74) is 8.85. The third-order valence-corrected chi connectivity index (χ3v) is 6.18. The molecule has 3 N–H and O–H groups in total. The van der Waals surface area contributed by atoms with Crippen LogP contribution >= 0.6 is 0 Å². The quantitative estimate of drug-likeness (QED) is 0.444. The van der Waals surface area contributed by atoms with Gasteiger partial charge in [0.25, 0.3) is 0 Å². The van der Waals surface area contributed by atoms with Crippen molar-refractivity contribution in [1.82, 2.24) is 25.0 Å². The Labute approximate surface area is 177 Å². The minimum Gasteiger partial charge on any atom is -0.456 e. The largest absolute Gasteiger partial charge is 0.456 e. The molecular formula is C21H18N6O3S. The van der Waals surface area contributed by atoms with Crippen LogP contribution in [0.4, 0.5) is 5.82 Å². The van der Waals surface area contributed by atoms with E-state index in [0.29, 0.717) is 28.7 Å². The van der Waals surface area contributed by atoms with Gasteiger partial charge in [-0.2, -0.15) is 10.2 Å². The lowest BCUT2D eigenvalue weighted by molar-refractivity contribution is 0.487. The standard InChI is InChI=1S/C21H18N6O3S/c1-27-21-16(11-23-27)18(30-12-6-8-13(9-7-12)31(2,28)29)10-17(24-21)14-4-3-5-15-19(14)25-26-20(15)22/h3-11H,1-2H3,(H3,22,25,26). The van der Waals surface area contributed by atoms with Gasteiger partial charge in [-0.15, -0.1) is 0 Å². The summed E-state index contributed by atoms with van der Waals surface area (Å²) in [6, 6.07) is 13.8. The van der Waals surface area contributed by atoms with Crippen molar-refractivity contribution in [3.8, 4) is 22.8 Å². The molecule has 9 nitrogen and oxygen atoms in total. The van der Waals surface area contributed by atoms with E-state index in [2.05, 4.69) is 15.3 Å². The van der Waals surface area contributed by atoms with E-state index in [4.69, 9.17) is 15.5 Å². The number of para-hydroxylation sites is 1. The number of anilines is 1. The Morgan fingerprint density at radius 3 is 2.61 bits per heavy atom. The molecule has 3 aromatic heterocycles. The van der Waals surface area contributed by atoms with E-state index < -0.39 is 9.84 Å². The molecule has 0 unspecified atom stereocenters. The van der Waals surface area contributed by atoms with Crippen LogP contribution in [0, 0.1) is 0 Å². The number of nitrogens with one attached hydrogen (secondary N) is 1. The van der Waals surface area contributed by atoms with Crippen LogP contribution in [0.15, 0.2) is 59.6 Å². The molecule has 0 aliphatic carbocycles. The lowest BCUT2D eigenvalue weighted by atomic mass is 10.1. The van der Waals surface area contributed by atoms with Crippen molar-refractivity contribution in [1.29, 1.82) is 0 Å². The number of aryl methyl sites for hydroxylation is 1. The second kappa shape index (κ2) is 6.81. The van der Waals surface area contributed by atoms with Crippen molar-refractivity contribution >= 4 is 37.6 Å². The summed E-state index contributed by atoms with van der Waals surface area (Å²) in [7, 11) is -1.48. The Morgan fingerprint density at radius 2 is 1.87 bits per heavy atom. The van der Waals surface area contributed by atoms with Gasteiger partial charge in [-0.25, -0.2) is 13.4 Å². The van der Waals surface area contributed by atoms with Gasteiger partial charge in [0.2, 0.25) is 0 Å². The number of pyridine rings is 1. The summed E-state index contributed by atoms with van der Waals surface area (Å²) in [6.45, 7) is 0. The Hall–Kier alpha value is -3.92. The normalized spacial score (nSPS) is 11.9. The van der Waals surface area contributed by atoms with Crippen molar-refractivity contribution in [2.75, 3.05) is 12.0 Å². The number of aromatic nitrogens is 5. The topological polar surface area (TPSA) is 129 Å². The van der Waals surface area contributed by atoms with Gasteiger partial charge in [0.15, 0.2) is 21.3 Å². The lowest BCUT2D eigenvalue weighted by Gasteiger charge is -2.10. The first-order valence-electron chi connectivity index (χ1n) is 9.35. The third-order valence-electron chi connectivity index (χ3n) is 5.05. The van der Waals surface area contributed by atoms with E-state index in [1.54, 1.807) is 30.1 Å². The molecule has 0 spiro atoms. The van der Waals surface area contributed by atoms with Gasteiger partial charge in [-0.05, 0) is 30.3 Å². The maximum Gasteiger partial charge on any atom is 0.175 e. The molecule has 0 radical (unpaired) electrons. The maximum absolute atomic E-state index is 11.7. The number of hydrogen-bond acceptors (Lipinski definition) is 7. The third kappa shape index (κ3) is 3.26. The second-order valence-electron chi connectivity index (χ2n) is 7.19. The molecule has 0 amide bonds. The molecule has 2 aromatic carbocycles. The number of sulfone groups is 1. The highest BCUT2D eigenvalue weighted by molar-refractivity contribution is 7.90. The molecule has 5 rings (SSSR count).